The van der Waals surface area contributed by atoms with Gasteiger partial charge in [0.2, 0.25) is 0 Å². The van der Waals surface area contributed by atoms with Gasteiger partial charge in [-0.3, -0.25) is 0 Å². The summed E-state index contributed by atoms with van der Waals surface area (Å²) < 4.78 is 7.19. The fourth-order valence-corrected chi connectivity index (χ4v) is 1.42. The molecule has 1 aliphatic rings. The van der Waals surface area contributed by atoms with Gasteiger partial charge in [-0.05, 0) is 12.1 Å². The van der Waals surface area contributed by atoms with Crippen molar-refractivity contribution in [2.75, 3.05) is 6.61 Å². The summed E-state index contributed by atoms with van der Waals surface area (Å²) in [6.45, 7) is 1.74. The van der Waals surface area contributed by atoms with E-state index in [4.69, 9.17) is 4.74 Å². The topological polar surface area (TPSA) is 43.2 Å². The van der Waals surface area contributed by atoms with Crippen LogP contribution in [0.1, 0.15) is 0 Å². The molecule has 1 saturated heterocycles. The Hall–Kier alpha value is -1.42. The average Bonchev–Trinajstić information content (AvgIpc) is 2.88. The highest BCUT2D eigenvalue weighted by molar-refractivity contribution is 5.69. The van der Waals surface area contributed by atoms with Gasteiger partial charge in [0.25, 0.3) is 0 Å². The van der Waals surface area contributed by atoms with Crippen molar-refractivity contribution in [2.24, 2.45) is 0 Å². The molecule has 13 heavy (non-hydrogen) atoms. The van der Waals surface area contributed by atoms with Gasteiger partial charge in [-0.15, -0.1) is 0 Å². The van der Waals surface area contributed by atoms with E-state index in [1.807, 2.05) is 23.0 Å². The van der Waals surface area contributed by atoms with Crippen LogP contribution in [0.5, 0.6) is 0 Å². The molecule has 1 fully saturated rings. The number of pyridine rings is 1. The van der Waals surface area contributed by atoms with E-state index in [-0.39, 0.29) is 0 Å². The molecule has 2 aromatic heterocycles. The fourth-order valence-electron chi connectivity index (χ4n) is 1.42. The molecule has 0 aromatic carbocycles. The molecule has 3 rings (SSSR count). The molecular weight excluding hydrogens is 166 g/mol. The quantitative estimate of drug-likeness (QED) is 0.635. The molecular formula is C9H9N3O. The maximum absolute atomic E-state index is 5.15. The molecule has 0 bridgehead atoms. The second-order valence-electron chi connectivity index (χ2n) is 3.20. The average molecular weight is 175 g/mol. The molecule has 2 aromatic rings. The predicted octanol–water partition coefficient (Wildman–Crippen LogP) is 0.830. The van der Waals surface area contributed by atoms with E-state index in [1.165, 1.54) is 0 Å². The Morgan fingerprint density at radius 1 is 1.54 bits per heavy atom. The number of hydrogen-bond acceptors (Lipinski definition) is 3. The lowest BCUT2D eigenvalue weighted by Crippen LogP contribution is -2.02. The number of nitrogens with zero attached hydrogens (tertiary/aromatic N) is 3. The zero-order valence-electron chi connectivity index (χ0n) is 7.05. The molecule has 1 unspecified atom stereocenters. The highest BCUT2D eigenvalue weighted by Gasteiger charge is 2.23. The Labute approximate surface area is 75.2 Å². The first-order chi connectivity index (χ1) is 6.43. The lowest BCUT2D eigenvalue weighted by molar-refractivity contribution is 0.384. The third-order valence-electron chi connectivity index (χ3n) is 2.18. The maximum atomic E-state index is 5.15. The molecule has 0 amide bonds. The first kappa shape index (κ1) is 7.03. The number of aromatic nitrogens is 3. The Morgan fingerprint density at radius 3 is 3.31 bits per heavy atom. The van der Waals surface area contributed by atoms with Crippen LogP contribution in [0.3, 0.4) is 0 Å². The van der Waals surface area contributed by atoms with E-state index < -0.39 is 0 Å². The predicted molar refractivity (Wildman–Crippen MR) is 47.3 cm³/mol. The summed E-state index contributed by atoms with van der Waals surface area (Å²) in [6.07, 6.45) is 3.98. The summed E-state index contributed by atoms with van der Waals surface area (Å²) in [5, 5.41) is 0. The van der Waals surface area contributed by atoms with E-state index in [0.29, 0.717) is 6.10 Å². The Morgan fingerprint density at radius 2 is 2.46 bits per heavy atom. The number of hydrogen-bond donors (Lipinski definition) is 0. The zero-order chi connectivity index (χ0) is 8.67. The molecule has 0 saturated carbocycles. The van der Waals surface area contributed by atoms with Crippen LogP contribution in [-0.2, 0) is 11.3 Å². The van der Waals surface area contributed by atoms with Crippen LogP contribution in [0.25, 0.3) is 11.2 Å². The third-order valence-corrected chi connectivity index (χ3v) is 2.18. The molecule has 0 aliphatic carbocycles. The van der Waals surface area contributed by atoms with Gasteiger partial charge in [-0.2, -0.15) is 0 Å². The number of imidazole rings is 1. The second kappa shape index (κ2) is 2.53. The van der Waals surface area contributed by atoms with Crippen LogP contribution in [0.15, 0.2) is 24.7 Å². The Balaban J connectivity index is 2.06. The van der Waals surface area contributed by atoms with Crippen LogP contribution < -0.4 is 0 Å². The zero-order valence-corrected chi connectivity index (χ0v) is 7.05. The summed E-state index contributed by atoms with van der Waals surface area (Å²) in [5.74, 6) is 0. The largest absolute Gasteiger partial charge is 0.371 e. The standard InChI is InChI=1S/C9H9N3O/c1-2-8-9(10-3-1)12(6-11-8)4-7-5-13-7/h1-3,6-7H,4-5H2. The fraction of sp³-hybridized carbons (Fsp3) is 0.333. The first-order valence-electron chi connectivity index (χ1n) is 4.31. The van der Waals surface area contributed by atoms with Crippen LogP contribution in [-0.4, -0.2) is 27.2 Å². The van der Waals surface area contributed by atoms with Crippen LogP contribution in [0.4, 0.5) is 0 Å². The van der Waals surface area contributed by atoms with E-state index >= 15 is 0 Å². The molecule has 1 aliphatic heterocycles. The molecule has 4 nitrogen and oxygen atoms in total. The van der Waals surface area contributed by atoms with Gasteiger partial charge in [0, 0.05) is 6.20 Å². The normalized spacial score (nSPS) is 20.8. The van der Waals surface area contributed by atoms with Crippen molar-refractivity contribution in [2.45, 2.75) is 12.6 Å². The smallest absolute Gasteiger partial charge is 0.159 e. The van der Waals surface area contributed by atoms with Gasteiger partial charge in [0.15, 0.2) is 5.65 Å². The van der Waals surface area contributed by atoms with Crippen LogP contribution in [0.2, 0.25) is 0 Å². The molecule has 1 atom stereocenters. The van der Waals surface area contributed by atoms with Crippen molar-refractivity contribution in [1.29, 1.82) is 0 Å². The number of fused-ring (bicyclic) bond motifs is 1. The monoisotopic (exact) mass is 175 g/mol. The van der Waals surface area contributed by atoms with Crippen molar-refractivity contribution in [3.8, 4) is 0 Å². The lowest BCUT2D eigenvalue weighted by Gasteiger charge is -1.98. The second-order valence-corrected chi connectivity index (χ2v) is 3.20. The first-order valence-corrected chi connectivity index (χ1v) is 4.31. The molecule has 66 valence electrons. The van der Waals surface area contributed by atoms with Gasteiger partial charge in [-0.25, -0.2) is 9.97 Å². The summed E-state index contributed by atoms with van der Waals surface area (Å²) in [7, 11) is 0. The summed E-state index contributed by atoms with van der Waals surface area (Å²) in [6, 6.07) is 3.86. The summed E-state index contributed by atoms with van der Waals surface area (Å²) in [5.41, 5.74) is 1.89. The van der Waals surface area contributed by atoms with Gasteiger partial charge < -0.3 is 9.30 Å². The minimum Gasteiger partial charge on any atom is -0.371 e. The van der Waals surface area contributed by atoms with Crippen molar-refractivity contribution < 1.29 is 4.74 Å². The van der Waals surface area contributed by atoms with E-state index in [0.717, 1.165) is 24.3 Å². The van der Waals surface area contributed by atoms with Gasteiger partial charge >= 0.3 is 0 Å². The molecule has 0 radical (unpaired) electrons. The molecule has 0 N–H and O–H groups in total. The third kappa shape index (κ3) is 1.19. The SMILES string of the molecule is c1cnc2c(c1)ncn2CC1CO1. The maximum Gasteiger partial charge on any atom is 0.159 e. The number of epoxide rings is 1. The highest BCUT2D eigenvalue weighted by atomic mass is 16.6. The summed E-state index contributed by atoms with van der Waals surface area (Å²) in [4.78, 5) is 8.51. The van der Waals surface area contributed by atoms with E-state index in [1.54, 1.807) is 6.20 Å². The lowest BCUT2D eigenvalue weighted by atomic mass is 10.4. The van der Waals surface area contributed by atoms with Gasteiger partial charge in [0.05, 0.1) is 25.6 Å². The Bertz CT molecular complexity index is 433. The number of ether oxygens (including phenoxy) is 1. The van der Waals surface area contributed by atoms with E-state index in [9.17, 15) is 0 Å². The van der Waals surface area contributed by atoms with Crippen molar-refractivity contribution in [3.05, 3.63) is 24.7 Å². The number of rotatable bonds is 2. The van der Waals surface area contributed by atoms with Crippen molar-refractivity contribution in [1.82, 2.24) is 14.5 Å². The Kier molecular flexibility index (Phi) is 1.37. The van der Waals surface area contributed by atoms with Crippen LogP contribution in [0, 0.1) is 0 Å². The van der Waals surface area contributed by atoms with Crippen molar-refractivity contribution >= 4 is 11.2 Å². The molecule has 0 spiro atoms. The van der Waals surface area contributed by atoms with Crippen molar-refractivity contribution in [3.63, 3.8) is 0 Å². The minimum atomic E-state index is 0.374. The highest BCUT2D eigenvalue weighted by Crippen LogP contribution is 2.15. The molecule has 3 heterocycles. The van der Waals surface area contributed by atoms with Gasteiger partial charge in [-0.1, -0.05) is 0 Å². The van der Waals surface area contributed by atoms with Crippen LogP contribution >= 0.6 is 0 Å². The van der Waals surface area contributed by atoms with Gasteiger partial charge in [0.1, 0.15) is 5.52 Å². The van der Waals surface area contributed by atoms with E-state index in [2.05, 4.69) is 9.97 Å². The molecule has 4 heteroatoms. The summed E-state index contributed by atoms with van der Waals surface area (Å²) >= 11 is 0. The minimum absolute atomic E-state index is 0.374.